The Morgan fingerprint density at radius 1 is 1.25 bits per heavy atom. The predicted molar refractivity (Wildman–Crippen MR) is 55.3 cm³/mol. The minimum Gasteiger partial charge on any atom is -0.330 e. The molecular formula is C11H19N. The molecule has 0 bridgehead atoms. The Kier molecular flexibility index (Phi) is 6.39. The molecule has 1 aromatic rings. The van der Waals surface area contributed by atoms with E-state index in [9.17, 15) is 0 Å². The van der Waals surface area contributed by atoms with Crippen LogP contribution in [-0.2, 0) is 6.42 Å². The third kappa shape index (κ3) is 4.14. The standard InChI is InChI=1S/C9H13N.C2H6/c1-8-3-2-4-9(7-8)5-6-10;1-2/h2-4,7H,5-6,10H2,1H3;1-2H3. The molecule has 1 aromatic carbocycles. The summed E-state index contributed by atoms with van der Waals surface area (Å²) >= 11 is 0. The van der Waals surface area contributed by atoms with Gasteiger partial charge in [0.2, 0.25) is 0 Å². The Morgan fingerprint density at radius 2 is 1.92 bits per heavy atom. The number of benzene rings is 1. The largest absolute Gasteiger partial charge is 0.330 e. The quantitative estimate of drug-likeness (QED) is 0.716. The van der Waals surface area contributed by atoms with Crippen molar-refractivity contribution in [3.63, 3.8) is 0 Å². The van der Waals surface area contributed by atoms with Gasteiger partial charge in [-0.25, -0.2) is 0 Å². The minimum absolute atomic E-state index is 0.740. The molecule has 2 N–H and O–H groups in total. The van der Waals surface area contributed by atoms with Crippen molar-refractivity contribution in [1.29, 1.82) is 0 Å². The SMILES string of the molecule is CC.Cc1cccc(CCN)c1. The van der Waals surface area contributed by atoms with Crippen LogP contribution in [0.3, 0.4) is 0 Å². The highest BCUT2D eigenvalue weighted by molar-refractivity contribution is 5.22. The Morgan fingerprint density at radius 3 is 2.42 bits per heavy atom. The van der Waals surface area contributed by atoms with E-state index in [1.54, 1.807) is 0 Å². The van der Waals surface area contributed by atoms with Crippen LogP contribution in [0.5, 0.6) is 0 Å². The first-order chi connectivity index (χ1) is 5.83. The van der Waals surface area contributed by atoms with Gasteiger partial charge in [0.1, 0.15) is 0 Å². The van der Waals surface area contributed by atoms with Crippen molar-refractivity contribution in [1.82, 2.24) is 0 Å². The second-order valence-electron chi connectivity index (χ2n) is 2.53. The van der Waals surface area contributed by atoms with Crippen molar-refractivity contribution in [2.24, 2.45) is 5.73 Å². The molecule has 0 fully saturated rings. The Balaban J connectivity index is 0.000000561. The molecule has 0 aromatic heterocycles. The zero-order valence-corrected chi connectivity index (χ0v) is 8.30. The van der Waals surface area contributed by atoms with Crippen LogP contribution in [-0.4, -0.2) is 6.54 Å². The fourth-order valence-electron chi connectivity index (χ4n) is 1.03. The van der Waals surface area contributed by atoms with Crippen LogP contribution in [0.25, 0.3) is 0 Å². The first-order valence-corrected chi connectivity index (χ1v) is 4.58. The third-order valence-electron chi connectivity index (χ3n) is 1.52. The third-order valence-corrected chi connectivity index (χ3v) is 1.52. The molecule has 12 heavy (non-hydrogen) atoms. The van der Waals surface area contributed by atoms with Gasteiger partial charge in [-0.2, -0.15) is 0 Å². The second kappa shape index (κ2) is 6.86. The van der Waals surface area contributed by atoms with Crippen LogP contribution >= 0.6 is 0 Å². The maximum Gasteiger partial charge on any atom is -0.00367 e. The van der Waals surface area contributed by atoms with Gasteiger partial charge in [0.15, 0.2) is 0 Å². The second-order valence-corrected chi connectivity index (χ2v) is 2.53. The number of rotatable bonds is 2. The minimum atomic E-state index is 0.740. The summed E-state index contributed by atoms with van der Waals surface area (Å²) in [7, 11) is 0. The van der Waals surface area contributed by atoms with Gasteiger partial charge in [0.05, 0.1) is 0 Å². The summed E-state index contributed by atoms with van der Waals surface area (Å²) < 4.78 is 0. The van der Waals surface area contributed by atoms with E-state index in [2.05, 4.69) is 31.2 Å². The normalized spacial score (nSPS) is 8.67. The highest BCUT2D eigenvalue weighted by atomic mass is 14.5. The average molecular weight is 165 g/mol. The molecule has 0 spiro atoms. The first-order valence-electron chi connectivity index (χ1n) is 4.58. The van der Waals surface area contributed by atoms with E-state index in [0.29, 0.717) is 0 Å². The Hall–Kier alpha value is -0.820. The van der Waals surface area contributed by atoms with Gasteiger partial charge < -0.3 is 5.73 Å². The maximum atomic E-state index is 5.41. The number of hydrogen-bond acceptors (Lipinski definition) is 1. The van der Waals surface area contributed by atoms with Crippen LogP contribution in [0.4, 0.5) is 0 Å². The maximum absolute atomic E-state index is 5.41. The lowest BCUT2D eigenvalue weighted by atomic mass is 10.1. The topological polar surface area (TPSA) is 26.0 Å². The lowest BCUT2D eigenvalue weighted by Crippen LogP contribution is -2.02. The van der Waals surface area contributed by atoms with Gasteiger partial charge >= 0.3 is 0 Å². The molecule has 0 saturated carbocycles. The van der Waals surface area contributed by atoms with Crippen molar-refractivity contribution in [2.45, 2.75) is 27.2 Å². The molecule has 0 aliphatic carbocycles. The monoisotopic (exact) mass is 165 g/mol. The fraction of sp³-hybridized carbons (Fsp3) is 0.455. The summed E-state index contributed by atoms with van der Waals surface area (Å²) in [5, 5.41) is 0. The van der Waals surface area contributed by atoms with Crippen molar-refractivity contribution in [3.05, 3.63) is 35.4 Å². The van der Waals surface area contributed by atoms with Crippen LogP contribution in [0, 0.1) is 6.92 Å². The molecule has 0 radical (unpaired) electrons. The van der Waals surface area contributed by atoms with E-state index < -0.39 is 0 Å². The van der Waals surface area contributed by atoms with Gasteiger partial charge in [-0.3, -0.25) is 0 Å². The molecule has 0 saturated heterocycles. The number of aryl methyl sites for hydroxylation is 1. The van der Waals surface area contributed by atoms with Gasteiger partial charge in [0, 0.05) is 0 Å². The van der Waals surface area contributed by atoms with Gasteiger partial charge in [-0.15, -0.1) is 0 Å². The molecule has 1 rings (SSSR count). The average Bonchev–Trinajstić information content (AvgIpc) is 2.09. The lowest BCUT2D eigenvalue weighted by molar-refractivity contribution is 0.967. The zero-order chi connectivity index (χ0) is 9.40. The first kappa shape index (κ1) is 11.2. The molecule has 0 atom stereocenters. The summed E-state index contributed by atoms with van der Waals surface area (Å²) in [5.74, 6) is 0. The smallest absolute Gasteiger partial charge is 0.00367 e. The molecule has 0 aliphatic rings. The molecular weight excluding hydrogens is 146 g/mol. The molecule has 0 heterocycles. The predicted octanol–water partition coefficient (Wildman–Crippen LogP) is 2.52. The van der Waals surface area contributed by atoms with Gasteiger partial charge in [-0.1, -0.05) is 43.7 Å². The van der Waals surface area contributed by atoms with Crippen LogP contribution < -0.4 is 5.73 Å². The van der Waals surface area contributed by atoms with E-state index in [0.717, 1.165) is 13.0 Å². The number of hydrogen-bond donors (Lipinski definition) is 1. The lowest BCUT2D eigenvalue weighted by Gasteiger charge is -1.98. The van der Waals surface area contributed by atoms with Crippen LogP contribution in [0.15, 0.2) is 24.3 Å². The molecule has 1 nitrogen and oxygen atoms in total. The van der Waals surface area contributed by atoms with E-state index >= 15 is 0 Å². The molecule has 0 aliphatic heterocycles. The van der Waals surface area contributed by atoms with E-state index in [4.69, 9.17) is 5.73 Å². The van der Waals surface area contributed by atoms with Crippen molar-refractivity contribution >= 4 is 0 Å². The van der Waals surface area contributed by atoms with Gasteiger partial charge in [0.25, 0.3) is 0 Å². The number of nitrogens with two attached hydrogens (primary N) is 1. The summed E-state index contributed by atoms with van der Waals surface area (Å²) in [6, 6.07) is 8.45. The molecule has 68 valence electrons. The Labute approximate surface area is 75.6 Å². The van der Waals surface area contributed by atoms with Gasteiger partial charge in [-0.05, 0) is 25.5 Å². The summed E-state index contributed by atoms with van der Waals surface area (Å²) in [6.45, 7) is 6.84. The highest BCUT2D eigenvalue weighted by Crippen LogP contribution is 2.03. The zero-order valence-electron chi connectivity index (χ0n) is 8.30. The van der Waals surface area contributed by atoms with Crippen molar-refractivity contribution < 1.29 is 0 Å². The van der Waals surface area contributed by atoms with Crippen LogP contribution in [0.1, 0.15) is 25.0 Å². The summed E-state index contributed by atoms with van der Waals surface area (Å²) in [4.78, 5) is 0. The van der Waals surface area contributed by atoms with Crippen molar-refractivity contribution in [3.8, 4) is 0 Å². The summed E-state index contributed by atoms with van der Waals surface area (Å²) in [6.07, 6.45) is 0.988. The molecule has 0 amide bonds. The highest BCUT2D eigenvalue weighted by Gasteiger charge is 1.89. The van der Waals surface area contributed by atoms with E-state index in [1.165, 1.54) is 11.1 Å². The summed E-state index contributed by atoms with van der Waals surface area (Å²) in [5.41, 5.74) is 8.06. The van der Waals surface area contributed by atoms with Crippen LogP contribution in [0.2, 0.25) is 0 Å². The molecule has 0 unspecified atom stereocenters. The molecule has 1 heteroatoms. The van der Waals surface area contributed by atoms with Crippen molar-refractivity contribution in [2.75, 3.05) is 6.54 Å². The Bertz CT molecular complexity index is 206. The van der Waals surface area contributed by atoms with E-state index in [-0.39, 0.29) is 0 Å². The van der Waals surface area contributed by atoms with E-state index in [1.807, 2.05) is 13.8 Å². The fourth-order valence-corrected chi connectivity index (χ4v) is 1.03.